The van der Waals surface area contributed by atoms with Crippen molar-refractivity contribution >= 4 is 11.0 Å². The summed E-state index contributed by atoms with van der Waals surface area (Å²) in [6.07, 6.45) is 2.17. The number of nitrogens with one attached hydrogen (secondary N) is 1. The zero-order valence-electron chi connectivity index (χ0n) is 17.4. The van der Waals surface area contributed by atoms with E-state index in [0.717, 1.165) is 54.9 Å². The van der Waals surface area contributed by atoms with Gasteiger partial charge in [-0.25, -0.2) is 9.37 Å². The van der Waals surface area contributed by atoms with E-state index in [1.165, 1.54) is 23.3 Å². The first-order chi connectivity index (χ1) is 15.2. The number of fused-ring (bicyclic) bond motifs is 1. The maximum Gasteiger partial charge on any atom is 0.138 e. The van der Waals surface area contributed by atoms with Crippen LogP contribution in [0.2, 0.25) is 0 Å². The van der Waals surface area contributed by atoms with Crippen LogP contribution in [0.3, 0.4) is 0 Å². The molecule has 5 heteroatoms. The first-order valence-electron chi connectivity index (χ1n) is 10.9. The summed E-state index contributed by atoms with van der Waals surface area (Å²) >= 11 is 0. The topological polar surface area (TPSA) is 52.1 Å². The number of benzene rings is 3. The lowest BCUT2D eigenvalue weighted by molar-refractivity contribution is 0.127. The molecule has 0 bridgehead atoms. The van der Waals surface area contributed by atoms with Crippen molar-refractivity contribution < 1.29 is 9.50 Å². The number of hydrogen-bond donors (Lipinski definition) is 2. The summed E-state index contributed by atoms with van der Waals surface area (Å²) in [6.45, 7) is 3.39. The number of aromatic amines is 1. The van der Waals surface area contributed by atoms with E-state index in [1.54, 1.807) is 6.07 Å². The van der Waals surface area contributed by atoms with Crippen LogP contribution in [-0.2, 0) is 6.54 Å². The lowest BCUT2D eigenvalue weighted by atomic mass is 9.97. The van der Waals surface area contributed by atoms with Crippen molar-refractivity contribution in [1.82, 2.24) is 14.9 Å². The van der Waals surface area contributed by atoms with Gasteiger partial charge in [0, 0.05) is 18.7 Å². The van der Waals surface area contributed by atoms with Crippen LogP contribution in [0, 0.1) is 11.7 Å². The minimum Gasteiger partial charge on any atom is -0.396 e. The Hall–Kier alpha value is -3.02. The van der Waals surface area contributed by atoms with Gasteiger partial charge in [0.15, 0.2) is 0 Å². The fraction of sp³-hybridized carbons (Fsp3) is 0.269. The minimum atomic E-state index is -0.267. The van der Waals surface area contributed by atoms with E-state index in [4.69, 9.17) is 0 Å². The van der Waals surface area contributed by atoms with Crippen molar-refractivity contribution in [3.63, 3.8) is 0 Å². The van der Waals surface area contributed by atoms with E-state index in [-0.39, 0.29) is 5.82 Å². The molecule has 3 aromatic carbocycles. The van der Waals surface area contributed by atoms with Gasteiger partial charge in [-0.15, -0.1) is 0 Å². The van der Waals surface area contributed by atoms with E-state index in [2.05, 4.69) is 51.3 Å². The predicted molar refractivity (Wildman–Crippen MR) is 122 cm³/mol. The number of aliphatic hydroxyl groups is 1. The summed E-state index contributed by atoms with van der Waals surface area (Å²) < 4.78 is 13.4. The molecule has 4 nitrogen and oxygen atoms in total. The Morgan fingerprint density at radius 3 is 2.23 bits per heavy atom. The number of aromatic nitrogens is 2. The molecule has 1 saturated heterocycles. The molecule has 0 radical (unpaired) electrons. The highest BCUT2D eigenvalue weighted by molar-refractivity contribution is 5.80. The number of H-pyrrole nitrogens is 1. The van der Waals surface area contributed by atoms with E-state index in [1.807, 2.05) is 12.1 Å². The molecule has 0 atom stereocenters. The minimum absolute atomic E-state index is 0.267. The third-order valence-corrected chi connectivity index (χ3v) is 6.26. The molecule has 2 N–H and O–H groups in total. The summed E-state index contributed by atoms with van der Waals surface area (Å²) in [6, 6.07) is 21.6. The largest absolute Gasteiger partial charge is 0.396 e. The van der Waals surface area contributed by atoms with Crippen LogP contribution in [0.15, 0.2) is 66.7 Å². The zero-order chi connectivity index (χ0) is 21.2. The number of aliphatic hydroxyl groups excluding tert-OH is 1. The number of halogens is 1. The molecule has 4 aromatic rings. The van der Waals surface area contributed by atoms with Crippen LogP contribution >= 0.6 is 0 Å². The molecule has 31 heavy (non-hydrogen) atoms. The highest BCUT2D eigenvalue weighted by Gasteiger charge is 2.18. The molecular weight excluding hydrogens is 389 g/mol. The normalized spacial score (nSPS) is 15.5. The van der Waals surface area contributed by atoms with Gasteiger partial charge in [-0.1, -0.05) is 48.5 Å². The average molecular weight is 416 g/mol. The van der Waals surface area contributed by atoms with Crippen LogP contribution in [0.4, 0.5) is 4.39 Å². The number of hydrogen-bond acceptors (Lipinski definition) is 3. The summed E-state index contributed by atoms with van der Waals surface area (Å²) in [5.41, 5.74) is 6.09. The predicted octanol–water partition coefficient (Wildman–Crippen LogP) is 5.24. The summed E-state index contributed by atoms with van der Waals surface area (Å²) in [5, 5.41) is 9.29. The van der Waals surface area contributed by atoms with Gasteiger partial charge in [0.1, 0.15) is 11.6 Å². The molecule has 1 fully saturated rings. The summed E-state index contributed by atoms with van der Waals surface area (Å²) in [5.74, 6) is 0.950. The molecule has 1 aliphatic heterocycles. The Bertz CT molecular complexity index is 1160. The molecule has 1 aliphatic rings. The Labute approximate surface area is 181 Å². The lowest BCUT2D eigenvalue weighted by Crippen LogP contribution is -2.34. The molecular formula is C26H26FN3O. The van der Waals surface area contributed by atoms with Gasteiger partial charge >= 0.3 is 0 Å². The number of nitrogens with zero attached hydrogens (tertiary/aromatic N) is 2. The van der Waals surface area contributed by atoms with Gasteiger partial charge < -0.3 is 10.1 Å². The third kappa shape index (κ3) is 4.38. The summed E-state index contributed by atoms with van der Waals surface area (Å²) in [4.78, 5) is 10.2. The van der Waals surface area contributed by atoms with Crippen LogP contribution in [0.25, 0.3) is 33.5 Å². The Morgan fingerprint density at radius 2 is 1.55 bits per heavy atom. The average Bonchev–Trinajstić information content (AvgIpc) is 3.23. The molecule has 2 heterocycles. The van der Waals surface area contributed by atoms with Crippen LogP contribution in [-0.4, -0.2) is 39.7 Å². The van der Waals surface area contributed by atoms with E-state index < -0.39 is 0 Å². The third-order valence-electron chi connectivity index (χ3n) is 6.26. The van der Waals surface area contributed by atoms with Gasteiger partial charge in [0.2, 0.25) is 0 Å². The van der Waals surface area contributed by atoms with Crippen molar-refractivity contribution in [3.8, 4) is 22.5 Å². The van der Waals surface area contributed by atoms with Gasteiger partial charge in [0.05, 0.1) is 11.0 Å². The van der Waals surface area contributed by atoms with Gasteiger partial charge in [-0.2, -0.15) is 0 Å². The number of rotatable bonds is 5. The Kier molecular flexibility index (Phi) is 5.53. The standard InChI is InChI=1S/C26H26FN3O/c27-23-9-10-24-25(15-23)29-26(28-24)22-7-5-21(6-8-22)20-3-1-18(2-4-20)16-30-13-11-19(17-31)12-14-30/h1-10,15,19,31H,11-14,16-17H2,(H,28,29). The second-order valence-electron chi connectivity index (χ2n) is 8.42. The van der Waals surface area contributed by atoms with Crippen molar-refractivity contribution in [3.05, 3.63) is 78.1 Å². The zero-order valence-corrected chi connectivity index (χ0v) is 17.4. The van der Waals surface area contributed by atoms with Crippen LogP contribution in [0.1, 0.15) is 18.4 Å². The quantitative estimate of drug-likeness (QED) is 0.469. The van der Waals surface area contributed by atoms with Gasteiger partial charge in [-0.3, -0.25) is 4.90 Å². The lowest BCUT2D eigenvalue weighted by Gasteiger charge is -2.31. The number of piperidine rings is 1. The van der Waals surface area contributed by atoms with Gasteiger partial charge in [0.25, 0.3) is 0 Å². The van der Waals surface area contributed by atoms with Crippen LogP contribution < -0.4 is 0 Å². The molecule has 0 spiro atoms. The van der Waals surface area contributed by atoms with Crippen LogP contribution in [0.5, 0.6) is 0 Å². The molecule has 5 rings (SSSR count). The highest BCUT2D eigenvalue weighted by Crippen LogP contribution is 2.26. The molecule has 0 saturated carbocycles. The molecule has 0 amide bonds. The second-order valence-corrected chi connectivity index (χ2v) is 8.42. The fourth-order valence-electron chi connectivity index (χ4n) is 4.33. The van der Waals surface area contributed by atoms with E-state index >= 15 is 0 Å². The molecule has 158 valence electrons. The van der Waals surface area contributed by atoms with Crippen molar-refractivity contribution in [2.45, 2.75) is 19.4 Å². The first-order valence-corrected chi connectivity index (χ1v) is 10.9. The highest BCUT2D eigenvalue weighted by atomic mass is 19.1. The Balaban J connectivity index is 1.27. The smallest absolute Gasteiger partial charge is 0.138 e. The number of likely N-dealkylation sites (tertiary alicyclic amines) is 1. The Morgan fingerprint density at radius 1 is 0.903 bits per heavy atom. The molecule has 0 aliphatic carbocycles. The summed E-state index contributed by atoms with van der Waals surface area (Å²) in [7, 11) is 0. The monoisotopic (exact) mass is 415 g/mol. The van der Waals surface area contributed by atoms with Gasteiger partial charge in [-0.05, 0) is 66.7 Å². The second kappa shape index (κ2) is 8.61. The fourth-order valence-corrected chi connectivity index (χ4v) is 4.33. The maximum atomic E-state index is 13.4. The molecule has 0 unspecified atom stereocenters. The number of imidazole rings is 1. The van der Waals surface area contributed by atoms with E-state index in [9.17, 15) is 9.50 Å². The maximum absolute atomic E-state index is 13.4. The first kappa shape index (κ1) is 19.9. The van der Waals surface area contributed by atoms with Crippen molar-refractivity contribution in [2.75, 3.05) is 19.7 Å². The van der Waals surface area contributed by atoms with Crippen molar-refractivity contribution in [2.24, 2.45) is 5.92 Å². The van der Waals surface area contributed by atoms with E-state index in [0.29, 0.717) is 18.0 Å². The SMILES string of the molecule is OCC1CCN(Cc2ccc(-c3ccc(-c4nc5ccc(F)cc5[nH]4)cc3)cc2)CC1. The van der Waals surface area contributed by atoms with Crippen molar-refractivity contribution in [1.29, 1.82) is 0 Å². The molecule has 1 aromatic heterocycles.